The van der Waals surface area contributed by atoms with Crippen LogP contribution in [0.25, 0.3) is 6.08 Å². The minimum absolute atomic E-state index is 0.793. The lowest BCUT2D eigenvalue weighted by molar-refractivity contribution is 0.672. The number of rotatable bonds is 5. The third-order valence-corrected chi connectivity index (χ3v) is 3.07. The van der Waals surface area contributed by atoms with Crippen molar-refractivity contribution in [3.63, 3.8) is 0 Å². The molecule has 0 saturated heterocycles. The van der Waals surface area contributed by atoms with E-state index in [2.05, 4.69) is 18.3 Å². The van der Waals surface area contributed by atoms with E-state index in [1.165, 1.54) is 30.5 Å². The molecule has 1 nitrogen and oxygen atoms in total. The van der Waals surface area contributed by atoms with Crippen molar-refractivity contribution >= 4 is 17.7 Å². The van der Waals surface area contributed by atoms with Gasteiger partial charge in [0.2, 0.25) is 0 Å². The van der Waals surface area contributed by atoms with Crippen LogP contribution in [-0.4, -0.2) is 13.1 Å². The van der Waals surface area contributed by atoms with Crippen molar-refractivity contribution in [1.29, 1.82) is 0 Å². The summed E-state index contributed by atoms with van der Waals surface area (Å²) in [5.74, 6) is 0.948. The largest absolute Gasteiger partial charge is 0.313 e. The van der Waals surface area contributed by atoms with Crippen LogP contribution in [0.5, 0.6) is 0 Å². The third kappa shape index (κ3) is 3.99. The Hall–Kier alpha value is -0.790. The van der Waals surface area contributed by atoms with E-state index in [0.717, 1.165) is 17.5 Å². The first-order valence-corrected chi connectivity index (χ1v) is 6.25. The number of nitrogens with one attached hydrogen (secondary N) is 1. The van der Waals surface area contributed by atoms with Crippen molar-refractivity contribution in [2.75, 3.05) is 13.1 Å². The molecule has 0 amide bonds. The number of hydrogen-bond donors (Lipinski definition) is 1. The van der Waals surface area contributed by atoms with Gasteiger partial charge in [0.15, 0.2) is 0 Å². The fourth-order valence-corrected chi connectivity index (χ4v) is 1.82. The Morgan fingerprint density at radius 3 is 2.69 bits per heavy atom. The molecule has 0 atom stereocenters. The van der Waals surface area contributed by atoms with E-state index in [-0.39, 0.29) is 0 Å². The van der Waals surface area contributed by atoms with Gasteiger partial charge in [-0.15, -0.1) is 0 Å². The van der Waals surface area contributed by atoms with Gasteiger partial charge in [-0.05, 0) is 49.9 Å². The topological polar surface area (TPSA) is 12.0 Å². The SMILES string of the molecule is C/C(=C/c1ccc(Cl)cc1)CNCC1CC1. The van der Waals surface area contributed by atoms with Gasteiger partial charge < -0.3 is 5.32 Å². The molecule has 1 aromatic rings. The van der Waals surface area contributed by atoms with E-state index in [9.17, 15) is 0 Å². The Balaban J connectivity index is 1.81. The summed E-state index contributed by atoms with van der Waals surface area (Å²) in [6.07, 6.45) is 5.02. The standard InChI is InChI=1S/C14H18ClN/c1-11(9-16-10-13-2-3-13)8-12-4-6-14(15)7-5-12/h4-8,13,16H,2-3,9-10H2,1H3/b11-8-. The van der Waals surface area contributed by atoms with Crippen LogP contribution in [0.2, 0.25) is 5.02 Å². The zero-order chi connectivity index (χ0) is 11.4. The van der Waals surface area contributed by atoms with Crippen LogP contribution in [0, 0.1) is 5.92 Å². The van der Waals surface area contributed by atoms with Gasteiger partial charge in [0.1, 0.15) is 0 Å². The van der Waals surface area contributed by atoms with Crippen molar-refractivity contribution < 1.29 is 0 Å². The van der Waals surface area contributed by atoms with Crippen molar-refractivity contribution in [2.24, 2.45) is 5.92 Å². The highest BCUT2D eigenvalue weighted by Gasteiger charge is 2.19. The Morgan fingerprint density at radius 1 is 1.38 bits per heavy atom. The fourth-order valence-electron chi connectivity index (χ4n) is 1.69. The molecule has 0 spiro atoms. The van der Waals surface area contributed by atoms with Gasteiger partial charge in [-0.2, -0.15) is 0 Å². The van der Waals surface area contributed by atoms with Gasteiger partial charge in [0, 0.05) is 11.6 Å². The highest BCUT2D eigenvalue weighted by molar-refractivity contribution is 6.30. The van der Waals surface area contributed by atoms with E-state index in [4.69, 9.17) is 11.6 Å². The summed E-state index contributed by atoms with van der Waals surface area (Å²) in [4.78, 5) is 0. The van der Waals surface area contributed by atoms with Crippen LogP contribution in [0.1, 0.15) is 25.3 Å². The molecule has 1 aliphatic carbocycles. The first-order chi connectivity index (χ1) is 7.74. The quantitative estimate of drug-likeness (QED) is 0.820. The summed E-state index contributed by atoms with van der Waals surface area (Å²) >= 11 is 5.84. The first kappa shape index (κ1) is 11.7. The molecule has 0 radical (unpaired) electrons. The maximum absolute atomic E-state index is 5.84. The number of halogens is 1. The second-order valence-corrected chi connectivity index (χ2v) is 5.05. The molecule has 1 fully saturated rings. The fraction of sp³-hybridized carbons (Fsp3) is 0.429. The van der Waals surface area contributed by atoms with Crippen LogP contribution >= 0.6 is 11.6 Å². The summed E-state index contributed by atoms with van der Waals surface area (Å²) in [5.41, 5.74) is 2.58. The monoisotopic (exact) mass is 235 g/mol. The molecule has 0 aliphatic heterocycles. The molecular weight excluding hydrogens is 218 g/mol. The Morgan fingerprint density at radius 2 is 2.06 bits per heavy atom. The summed E-state index contributed by atoms with van der Waals surface area (Å²) in [6.45, 7) is 4.32. The maximum atomic E-state index is 5.84. The zero-order valence-corrected chi connectivity index (χ0v) is 10.4. The molecule has 0 bridgehead atoms. The highest BCUT2D eigenvalue weighted by atomic mass is 35.5. The van der Waals surface area contributed by atoms with E-state index < -0.39 is 0 Å². The summed E-state index contributed by atoms with van der Waals surface area (Å²) in [5, 5.41) is 4.28. The molecule has 2 heteroatoms. The van der Waals surface area contributed by atoms with Crippen LogP contribution in [0.3, 0.4) is 0 Å². The average Bonchev–Trinajstić information content (AvgIpc) is 3.05. The highest BCUT2D eigenvalue weighted by Crippen LogP contribution is 2.27. The smallest absolute Gasteiger partial charge is 0.0406 e. The molecule has 16 heavy (non-hydrogen) atoms. The number of benzene rings is 1. The molecule has 0 heterocycles. The molecule has 1 saturated carbocycles. The molecule has 1 aliphatic rings. The van der Waals surface area contributed by atoms with E-state index >= 15 is 0 Å². The van der Waals surface area contributed by atoms with Gasteiger partial charge in [0.05, 0.1) is 0 Å². The van der Waals surface area contributed by atoms with Crippen LogP contribution in [0.15, 0.2) is 29.8 Å². The zero-order valence-electron chi connectivity index (χ0n) is 9.67. The Labute approximate surface area is 103 Å². The van der Waals surface area contributed by atoms with Gasteiger partial charge in [0.25, 0.3) is 0 Å². The summed E-state index contributed by atoms with van der Waals surface area (Å²) < 4.78 is 0. The van der Waals surface area contributed by atoms with Crippen molar-refractivity contribution in [3.05, 3.63) is 40.4 Å². The van der Waals surface area contributed by atoms with Gasteiger partial charge in [-0.25, -0.2) is 0 Å². The summed E-state index contributed by atoms with van der Waals surface area (Å²) in [7, 11) is 0. The molecule has 1 aromatic carbocycles. The Kier molecular flexibility index (Phi) is 4.03. The van der Waals surface area contributed by atoms with Crippen molar-refractivity contribution in [2.45, 2.75) is 19.8 Å². The molecule has 0 aromatic heterocycles. The third-order valence-electron chi connectivity index (χ3n) is 2.82. The molecule has 86 valence electrons. The molecule has 2 rings (SSSR count). The maximum Gasteiger partial charge on any atom is 0.0406 e. The predicted molar refractivity (Wildman–Crippen MR) is 70.7 cm³/mol. The van der Waals surface area contributed by atoms with Crippen LogP contribution in [0.4, 0.5) is 0 Å². The van der Waals surface area contributed by atoms with Gasteiger partial charge >= 0.3 is 0 Å². The van der Waals surface area contributed by atoms with E-state index in [1.54, 1.807) is 0 Å². The minimum Gasteiger partial charge on any atom is -0.313 e. The van der Waals surface area contributed by atoms with E-state index in [1.807, 2.05) is 24.3 Å². The number of hydrogen-bond acceptors (Lipinski definition) is 1. The van der Waals surface area contributed by atoms with Crippen LogP contribution in [-0.2, 0) is 0 Å². The predicted octanol–water partition coefficient (Wildman–Crippen LogP) is 3.74. The second-order valence-electron chi connectivity index (χ2n) is 4.62. The second kappa shape index (κ2) is 5.51. The van der Waals surface area contributed by atoms with Crippen molar-refractivity contribution in [3.8, 4) is 0 Å². The lowest BCUT2D eigenvalue weighted by atomic mass is 10.1. The van der Waals surface area contributed by atoms with E-state index in [0.29, 0.717) is 0 Å². The lowest BCUT2D eigenvalue weighted by Gasteiger charge is -2.04. The summed E-state index contributed by atoms with van der Waals surface area (Å²) in [6, 6.07) is 7.95. The molecular formula is C14H18ClN. The van der Waals surface area contributed by atoms with Gasteiger partial charge in [-0.1, -0.05) is 35.4 Å². The Bertz CT molecular complexity index is 363. The normalized spacial score (nSPS) is 16.5. The van der Waals surface area contributed by atoms with Crippen molar-refractivity contribution in [1.82, 2.24) is 5.32 Å². The van der Waals surface area contributed by atoms with Crippen LogP contribution < -0.4 is 5.32 Å². The molecule has 0 unspecified atom stereocenters. The minimum atomic E-state index is 0.793. The first-order valence-electron chi connectivity index (χ1n) is 5.87. The molecule has 1 N–H and O–H groups in total. The average molecular weight is 236 g/mol. The lowest BCUT2D eigenvalue weighted by Crippen LogP contribution is -2.18. The van der Waals surface area contributed by atoms with Gasteiger partial charge in [-0.3, -0.25) is 0 Å².